The quantitative estimate of drug-likeness (QED) is 0.268. The van der Waals surface area contributed by atoms with Gasteiger partial charge in [-0.25, -0.2) is 0 Å². The Hall–Kier alpha value is -0.120. The third kappa shape index (κ3) is 17.1. The Morgan fingerprint density at radius 1 is 0.720 bits per heavy atom. The summed E-state index contributed by atoms with van der Waals surface area (Å²) in [7, 11) is 6.79. The van der Waals surface area contributed by atoms with Gasteiger partial charge in [0.1, 0.15) is 0 Å². The lowest BCUT2D eigenvalue weighted by Gasteiger charge is -2.38. The van der Waals surface area contributed by atoms with Crippen LogP contribution in [0.4, 0.5) is 0 Å². The van der Waals surface area contributed by atoms with E-state index in [0.29, 0.717) is 0 Å². The zero-order valence-electron chi connectivity index (χ0n) is 18.6. The minimum Gasteiger partial charge on any atom is -0.327 e. The Kier molecular flexibility index (Phi) is 14.9. The molecule has 0 aliphatic heterocycles. The molecule has 0 atom stereocenters. The summed E-state index contributed by atoms with van der Waals surface area (Å²) in [6.07, 6.45) is 15.7. The van der Waals surface area contributed by atoms with Crippen LogP contribution in [0.2, 0.25) is 0 Å². The van der Waals surface area contributed by atoms with Crippen LogP contribution in [0.5, 0.6) is 0 Å². The fourth-order valence-corrected chi connectivity index (χ4v) is 3.93. The smallest absolute Gasteiger partial charge is 0.0961 e. The van der Waals surface area contributed by atoms with Gasteiger partial charge in [0, 0.05) is 13.1 Å². The summed E-state index contributed by atoms with van der Waals surface area (Å²) in [4.78, 5) is 0. The third-order valence-electron chi connectivity index (χ3n) is 5.17. The second-order valence-electron chi connectivity index (χ2n) is 9.27. The first-order valence-electron chi connectivity index (χ1n) is 11.0. The topological polar surface area (TPSA) is 24.1 Å². The number of likely N-dealkylation sites (N-methyl/N-ethyl adjacent to an activating group) is 2. The minimum atomic E-state index is 0.206. The van der Waals surface area contributed by atoms with E-state index in [4.69, 9.17) is 0 Å². The Bertz CT molecular complexity index is 287. The second kappa shape index (κ2) is 15.0. The van der Waals surface area contributed by atoms with Crippen molar-refractivity contribution in [2.24, 2.45) is 0 Å². The largest absolute Gasteiger partial charge is 0.327 e. The van der Waals surface area contributed by atoms with Crippen LogP contribution in [-0.2, 0) is 0 Å². The van der Waals surface area contributed by atoms with Crippen molar-refractivity contribution in [3.63, 3.8) is 0 Å². The van der Waals surface area contributed by atoms with Crippen LogP contribution in [-0.4, -0.2) is 57.3 Å². The fourth-order valence-electron chi connectivity index (χ4n) is 3.93. The van der Waals surface area contributed by atoms with Crippen LogP contribution in [0.15, 0.2) is 0 Å². The molecular formula is C22H50N3+. The molecular weight excluding hydrogens is 306 g/mol. The Labute approximate surface area is 159 Å². The Balaban J connectivity index is 3.61. The van der Waals surface area contributed by atoms with Crippen LogP contribution in [0.3, 0.4) is 0 Å². The maximum atomic E-state index is 3.68. The van der Waals surface area contributed by atoms with Gasteiger partial charge in [0.25, 0.3) is 0 Å². The molecule has 0 unspecified atom stereocenters. The molecule has 3 nitrogen and oxygen atoms in total. The van der Waals surface area contributed by atoms with Crippen LogP contribution in [0.1, 0.15) is 91.4 Å². The molecule has 0 aromatic carbocycles. The van der Waals surface area contributed by atoms with Crippen LogP contribution >= 0.6 is 0 Å². The highest BCUT2D eigenvalue weighted by molar-refractivity contribution is 4.77. The van der Waals surface area contributed by atoms with Gasteiger partial charge in [0.05, 0.1) is 32.7 Å². The molecule has 2 N–H and O–H groups in total. The summed E-state index contributed by atoms with van der Waals surface area (Å²) in [6, 6.07) is 0. The SMILES string of the molecule is CCCCCCCCCCCCC[N+](C)(C)CC(C)(C)NCCNC. The molecule has 0 aliphatic rings. The third-order valence-corrected chi connectivity index (χ3v) is 5.17. The van der Waals surface area contributed by atoms with Crippen LogP contribution in [0, 0.1) is 0 Å². The molecule has 0 aromatic rings. The van der Waals surface area contributed by atoms with Gasteiger partial charge in [-0.3, -0.25) is 0 Å². The van der Waals surface area contributed by atoms with Crippen molar-refractivity contribution in [1.29, 1.82) is 0 Å². The number of nitrogens with zero attached hydrogens (tertiary/aromatic N) is 1. The van der Waals surface area contributed by atoms with E-state index in [9.17, 15) is 0 Å². The first-order chi connectivity index (χ1) is 11.8. The number of nitrogens with one attached hydrogen (secondary N) is 2. The standard InChI is InChI=1S/C22H50N3/c1-7-8-9-10-11-12-13-14-15-16-17-20-25(5,6)21-22(2,3)24-19-18-23-4/h23-24H,7-21H2,1-6H3/q+1. The molecule has 25 heavy (non-hydrogen) atoms. The van der Waals surface area contributed by atoms with Crippen molar-refractivity contribution in [2.75, 3.05) is 47.3 Å². The molecule has 0 radical (unpaired) electrons. The van der Waals surface area contributed by atoms with Crippen molar-refractivity contribution in [1.82, 2.24) is 10.6 Å². The maximum Gasteiger partial charge on any atom is 0.0961 e. The molecule has 0 bridgehead atoms. The highest BCUT2D eigenvalue weighted by Crippen LogP contribution is 2.14. The number of hydrogen-bond donors (Lipinski definition) is 2. The van der Waals surface area contributed by atoms with Gasteiger partial charge in [-0.05, 0) is 33.7 Å². The minimum absolute atomic E-state index is 0.206. The summed E-state index contributed by atoms with van der Waals surface area (Å²) in [5, 5.41) is 6.89. The molecule has 0 heterocycles. The van der Waals surface area contributed by atoms with Gasteiger partial charge >= 0.3 is 0 Å². The lowest BCUT2D eigenvalue weighted by atomic mass is 10.0. The highest BCUT2D eigenvalue weighted by Gasteiger charge is 2.27. The van der Waals surface area contributed by atoms with Crippen molar-refractivity contribution >= 4 is 0 Å². The van der Waals surface area contributed by atoms with E-state index < -0.39 is 0 Å². The molecule has 0 amide bonds. The normalized spacial score (nSPS) is 12.7. The highest BCUT2D eigenvalue weighted by atomic mass is 15.3. The van der Waals surface area contributed by atoms with Gasteiger partial charge in [-0.1, -0.05) is 64.7 Å². The molecule has 0 aliphatic carbocycles. The molecule has 0 spiro atoms. The van der Waals surface area contributed by atoms with E-state index in [1.807, 2.05) is 7.05 Å². The summed E-state index contributed by atoms with van der Waals surface area (Å²) >= 11 is 0. The van der Waals surface area contributed by atoms with Crippen molar-refractivity contribution in [3.05, 3.63) is 0 Å². The van der Waals surface area contributed by atoms with E-state index in [-0.39, 0.29) is 5.54 Å². The predicted octanol–water partition coefficient (Wildman–Crippen LogP) is 4.96. The maximum absolute atomic E-state index is 3.68. The average molecular weight is 357 g/mol. The molecule has 0 rings (SSSR count). The molecule has 152 valence electrons. The summed E-state index contributed by atoms with van der Waals surface area (Å²) in [6.45, 7) is 11.5. The van der Waals surface area contributed by atoms with E-state index in [1.54, 1.807) is 0 Å². The van der Waals surface area contributed by atoms with Gasteiger partial charge in [0.2, 0.25) is 0 Å². The Morgan fingerprint density at radius 2 is 1.20 bits per heavy atom. The summed E-state index contributed by atoms with van der Waals surface area (Å²) < 4.78 is 1.12. The summed E-state index contributed by atoms with van der Waals surface area (Å²) in [5.41, 5.74) is 0.206. The van der Waals surface area contributed by atoms with Gasteiger partial charge in [0.15, 0.2) is 0 Å². The second-order valence-corrected chi connectivity index (χ2v) is 9.27. The lowest BCUT2D eigenvalue weighted by Crippen LogP contribution is -2.56. The fraction of sp³-hybridized carbons (Fsp3) is 1.00. The molecule has 0 fully saturated rings. The van der Waals surface area contributed by atoms with E-state index in [1.165, 1.54) is 83.7 Å². The zero-order chi connectivity index (χ0) is 19.0. The first-order valence-corrected chi connectivity index (χ1v) is 11.0. The number of rotatable bonds is 18. The lowest BCUT2D eigenvalue weighted by molar-refractivity contribution is -0.894. The van der Waals surface area contributed by atoms with E-state index in [2.05, 4.69) is 45.5 Å². The number of quaternary nitrogens is 1. The number of unbranched alkanes of at least 4 members (excludes halogenated alkanes) is 10. The number of hydrogen-bond acceptors (Lipinski definition) is 2. The first kappa shape index (κ1) is 24.9. The van der Waals surface area contributed by atoms with E-state index in [0.717, 1.165) is 17.6 Å². The van der Waals surface area contributed by atoms with Gasteiger partial charge in [-0.15, -0.1) is 0 Å². The molecule has 3 heteroatoms. The van der Waals surface area contributed by atoms with Crippen molar-refractivity contribution in [2.45, 2.75) is 96.9 Å². The van der Waals surface area contributed by atoms with Crippen LogP contribution < -0.4 is 10.6 Å². The summed E-state index contributed by atoms with van der Waals surface area (Å²) in [5.74, 6) is 0. The molecule has 0 saturated carbocycles. The van der Waals surface area contributed by atoms with Crippen LogP contribution in [0.25, 0.3) is 0 Å². The average Bonchev–Trinajstić information content (AvgIpc) is 2.51. The molecule has 0 saturated heterocycles. The van der Waals surface area contributed by atoms with Crippen molar-refractivity contribution < 1.29 is 4.48 Å². The van der Waals surface area contributed by atoms with Gasteiger partial charge < -0.3 is 15.1 Å². The molecule has 0 aromatic heterocycles. The van der Waals surface area contributed by atoms with Crippen molar-refractivity contribution in [3.8, 4) is 0 Å². The van der Waals surface area contributed by atoms with E-state index >= 15 is 0 Å². The predicted molar refractivity (Wildman–Crippen MR) is 114 cm³/mol. The Morgan fingerprint density at radius 3 is 1.68 bits per heavy atom. The monoisotopic (exact) mass is 356 g/mol. The van der Waals surface area contributed by atoms with Gasteiger partial charge in [-0.2, -0.15) is 0 Å². The zero-order valence-corrected chi connectivity index (χ0v) is 18.6.